The Kier molecular flexibility index (Phi) is 5.81. The van der Waals surface area contributed by atoms with Crippen molar-refractivity contribution in [2.75, 3.05) is 38.3 Å². The summed E-state index contributed by atoms with van der Waals surface area (Å²) in [4.78, 5) is 20.5. The largest absolute Gasteiger partial charge is 0.408 e. The van der Waals surface area contributed by atoms with Gasteiger partial charge in [-0.3, -0.25) is 14.5 Å². The van der Waals surface area contributed by atoms with E-state index in [-0.39, 0.29) is 17.1 Å². The summed E-state index contributed by atoms with van der Waals surface area (Å²) in [5.41, 5.74) is 1.07. The van der Waals surface area contributed by atoms with Crippen molar-refractivity contribution in [2.45, 2.75) is 19.1 Å². The Bertz CT molecular complexity index is 1060. The lowest BCUT2D eigenvalue weighted by Crippen LogP contribution is -2.33. The normalized spacial score (nSPS) is 15.2. The molecule has 0 N–H and O–H groups in total. The van der Waals surface area contributed by atoms with Crippen LogP contribution in [0.15, 0.2) is 42.6 Å². The number of halogens is 3. The summed E-state index contributed by atoms with van der Waals surface area (Å²) in [5, 5.41) is 4.65. The molecule has 31 heavy (non-hydrogen) atoms. The fourth-order valence-corrected chi connectivity index (χ4v) is 3.59. The smallest absolute Gasteiger partial charge is 0.380 e. The molecule has 10 heteroatoms. The highest BCUT2D eigenvalue weighted by atomic mass is 19.4. The lowest BCUT2D eigenvalue weighted by Gasteiger charge is -2.19. The van der Waals surface area contributed by atoms with Gasteiger partial charge in [0, 0.05) is 38.6 Å². The van der Waals surface area contributed by atoms with Crippen molar-refractivity contribution in [1.29, 1.82) is 0 Å². The highest BCUT2D eigenvalue weighted by molar-refractivity contribution is 5.98. The van der Waals surface area contributed by atoms with Gasteiger partial charge in [0.2, 0.25) is 0 Å². The van der Waals surface area contributed by atoms with Gasteiger partial charge >= 0.3 is 6.18 Å². The van der Waals surface area contributed by atoms with Crippen LogP contribution < -0.4 is 4.90 Å². The molecule has 0 aliphatic carbocycles. The number of nitrogens with zero attached hydrogens (tertiary/aromatic N) is 5. The molecule has 1 amide bonds. The Morgan fingerprint density at radius 3 is 2.71 bits per heavy atom. The zero-order valence-electron chi connectivity index (χ0n) is 17.0. The summed E-state index contributed by atoms with van der Waals surface area (Å²) in [6.07, 6.45) is -2.34. The van der Waals surface area contributed by atoms with Crippen molar-refractivity contribution < 1.29 is 22.7 Å². The minimum absolute atomic E-state index is 0.0895. The van der Waals surface area contributed by atoms with E-state index < -0.39 is 12.7 Å². The number of anilines is 2. The average molecular weight is 433 g/mol. The molecule has 1 aliphatic rings. The molecule has 0 bridgehead atoms. The van der Waals surface area contributed by atoms with Crippen molar-refractivity contribution in [3.63, 3.8) is 0 Å². The number of aromatic nitrogens is 3. The minimum Gasteiger partial charge on any atom is -0.380 e. The minimum atomic E-state index is -4.46. The number of ether oxygens (including phenoxy) is 1. The molecule has 0 radical (unpaired) electrons. The lowest BCUT2D eigenvalue weighted by atomic mass is 10.2. The van der Waals surface area contributed by atoms with Crippen LogP contribution in [0.5, 0.6) is 0 Å². The van der Waals surface area contributed by atoms with Gasteiger partial charge in [-0.1, -0.05) is 18.2 Å². The van der Waals surface area contributed by atoms with Crippen LogP contribution in [0.2, 0.25) is 0 Å². The van der Waals surface area contributed by atoms with Gasteiger partial charge in [-0.15, -0.1) is 0 Å². The highest BCUT2D eigenvalue weighted by Gasteiger charge is 2.31. The third-order valence-electron chi connectivity index (χ3n) is 5.14. The third-order valence-corrected chi connectivity index (χ3v) is 5.14. The Labute approximate surface area is 177 Å². The molecule has 0 spiro atoms. The molecule has 3 heterocycles. The second kappa shape index (κ2) is 8.54. The maximum absolute atomic E-state index is 13.2. The number of amides is 1. The predicted octanol–water partition coefficient (Wildman–Crippen LogP) is 3.62. The second-order valence-corrected chi connectivity index (χ2v) is 7.34. The Hall–Kier alpha value is -3.14. The molecule has 2 aromatic heterocycles. The van der Waals surface area contributed by atoms with Crippen molar-refractivity contribution >= 4 is 28.3 Å². The standard InChI is InChI=1S/C21H22F3N5O2/c1-27(15-6-3-2-4-7-15)19-16-13-25-17(20(30)28-8-5-10-31-11-9-28)12-18(16)29(26-19)14-21(22,23)24/h2-4,6-7,12-13H,5,8-11,14H2,1H3. The van der Waals surface area contributed by atoms with Crippen LogP contribution in [0, 0.1) is 0 Å². The van der Waals surface area contributed by atoms with E-state index in [0.717, 1.165) is 10.4 Å². The van der Waals surface area contributed by atoms with Gasteiger partial charge in [-0.25, -0.2) is 0 Å². The van der Waals surface area contributed by atoms with Crippen molar-refractivity contribution in [3.8, 4) is 0 Å². The molecule has 0 saturated carbocycles. The van der Waals surface area contributed by atoms with Crippen LogP contribution in [0.3, 0.4) is 0 Å². The van der Waals surface area contributed by atoms with Gasteiger partial charge in [0.15, 0.2) is 5.82 Å². The first kappa shape index (κ1) is 21.1. The molecule has 164 valence electrons. The van der Waals surface area contributed by atoms with Crippen LogP contribution in [0.4, 0.5) is 24.7 Å². The predicted molar refractivity (Wildman–Crippen MR) is 109 cm³/mol. The van der Waals surface area contributed by atoms with Crippen molar-refractivity contribution in [1.82, 2.24) is 19.7 Å². The Morgan fingerprint density at radius 1 is 1.19 bits per heavy atom. The maximum atomic E-state index is 13.2. The van der Waals surface area contributed by atoms with E-state index >= 15 is 0 Å². The SMILES string of the molecule is CN(c1ccccc1)c1nn(CC(F)(F)F)c2cc(C(=O)N3CCCOCC3)ncc12. The lowest BCUT2D eigenvalue weighted by molar-refractivity contribution is -0.141. The Balaban J connectivity index is 1.76. The number of alkyl halides is 3. The number of carbonyl (C=O) groups excluding carboxylic acids is 1. The Morgan fingerprint density at radius 2 is 1.97 bits per heavy atom. The number of pyridine rings is 1. The molecular weight excluding hydrogens is 411 g/mol. The van der Waals surface area contributed by atoms with Crippen LogP contribution >= 0.6 is 0 Å². The van der Waals surface area contributed by atoms with E-state index in [0.29, 0.717) is 43.9 Å². The molecule has 7 nitrogen and oxygen atoms in total. The molecule has 1 aromatic carbocycles. The summed E-state index contributed by atoms with van der Waals surface area (Å²) in [5.74, 6) is 0.00486. The van der Waals surface area contributed by atoms with Gasteiger partial charge in [-0.05, 0) is 24.6 Å². The summed E-state index contributed by atoms with van der Waals surface area (Å²) in [6.45, 7) is 0.668. The number of rotatable bonds is 4. The summed E-state index contributed by atoms with van der Waals surface area (Å²) in [6, 6.07) is 10.6. The van der Waals surface area contributed by atoms with E-state index in [1.807, 2.05) is 30.3 Å². The highest BCUT2D eigenvalue weighted by Crippen LogP contribution is 2.32. The first-order valence-electron chi connectivity index (χ1n) is 9.92. The van der Waals surface area contributed by atoms with Gasteiger partial charge in [0.25, 0.3) is 5.91 Å². The zero-order chi connectivity index (χ0) is 22.0. The monoisotopic (exact) mass is 433 g/mol. The fraction of sp³-hybridized carbons (Fsp3) is 0.381. The number of fused-ring (bicyclic) bond motifs is 1. The first-order chi connectivity index (χ1) is 14.8. The van der Waals surface area contributed by atoms with Crippen molar-refractivity contribution in [2.24, 2.45) is 0 Å². The summed E-state index contributed by atoms with van der Waals surface area (Å²) >= 11 is 0. The quantitative estimate of drug-likeness (QED) is 0.629. The third kappa shape index (κ3) is 4.63. The van der Waals surface area contributed by atoms with E-state index in [1.165, 1.54) is 12.3 Å². The van der Waals surface area contributed by atoms with Crippen LogP contribution in [0.25, 0.3) is 10.9 Å². The van der Waals surface area contributed by atoms with E-state index in [1.54, 1.807) is 16.8 Å². The molecule has 1 aliphatic heterocycles. The van der Waals surface area contributed by atoms with E-state index in [4.69, 9.17) is 4.74 Å². The topological polar surface area (TPSA) is 63.5 Å². The van der Waals surface area contributed by atoms with Crippen molar-refractivity contribution in [3.05, 3.63) is 48.3 Å². The van der Waals surface area contributed by atoms with Gasteiger partial charge in [0.1, 0.15) is 12.2 Å². The van der Waals surface area contributed by atoms with Crippen LogP contribution in [-0.2, 0) is 11.3 Å². The summed E-state index contributed by atoms with van der Waals surface area (Å²) < 4.78 is 45.9. The second-order valence-electron chi connectivity index (χ2n) is 7.34. The molecule has 4 rings (SSSR count). The zero-order valence-corrected chi connectivity index (χ0v) is 17.0. The molecule has 1 fully saturated rings. The number of hydrogen-bond donors (Lipinski definition) is 0. The average Bonchev–Trinajstić information content (AvgIpc) is 2.92. The maximum Gasteiger partial charge on any atom is 0.408 e. The molecule has 3 aromatic rings. The first-order valence-corrected chi connectivity index (χ1v) is 9.92. The van der Waals surface area contributed by atoms with Crippen LogP contribution in [0.1, 0.15) is 16.9 Å². The molecule has 0 unspecified atom stereocenters. The fourth-order valence-electron chi connectivity index (χ4n) is 3.59. The number of benzene rings is 1. The number of hydrogen-bond acceptors (Lipinski definition) is 5. The molecule has 1 saturated heterocycles. The van der Waals surface area contributed by atoms with E-state index in [2.05, 4.69) is 10.1 Å². The van der Waals surface area contributed by atoms with E-state index in [9.17, 15) is 18.0 Å². The van der Waals surface area contributed by atoms with Gasteiger partial charge in [0.05, 0.1) is 17.5 Å². The molecule has 0 atom stereocenters. The number of para-hydroxylation sites is 1. The molecular formula is C21H22F3N5O2. The summed E-state index contributed by atoms with van der Waals surface area (Å²) in [7, 11) is 1.73. The van der Waals surface area contributed by atoms with Gasteiger partial charge in [-0.2, -0.15) is 18.3 Å². The van der Waals surface area contributed by atoms with Crippen LogP contribution in [-0.4, -0.2) is 65.1 Å². The van der Waals surface area contributed by atoms with Gasteiger partial charge < -0.3 is 14.5 Å². The number of carbonyl (C=O) groups is 1.